The highest BCUT2D eigenvalue weighted by molar-refractivity contribution is 5.85. The van der Waals surface area contributed by atoms with Crippen LogP contribution in [0.3, 0.4) is 0 Å². The van der Waals surface area contributed by atoms with E-state index < -0.39 is 6.04 Å². The van der Waals surface area contributed by atoms with Crippen molar-refractivity contribution in [1.29, 1.82) is 0 Å². The van der Waals surface area contributed by atoms with E-state index in [4.69, 9.17) is 5.73 Å². The fourth-order valence-corrected chi connectivity index (χ4v) is 4.43. The number of carbonyl (C=O) groups excluding carboxylic acids is 1. The Hall–Kier alpha value is -2.71. The molecule has 2 nitrogen and oxygen atoms in total. The average molecular weight is 370 g/mol. The van der Waals surface area contributed by atoms with Gasteiger partial charge in [0.15, 0.2) is 5.78 Å². The summed E-state index contributed by atoms with van der Waals surface area (Å²) in [6, 6.07) is 28.7. The summed E-state index contributed by atoms with van der Waals surface area (Å²) in [6.07, 6.45) is 3.37. The number of ketones is 1. The predicted molar refractivity (Wildman–Crippen MR) is 114 cm³/mol. The number of aryl methyl sites for hydroxylation is 1. The summed E-state index contributed by atoms with van der Waals surface area (Å²) < 4.78 is 0. The first-order chi connectivity index (χ1) is 13.7. The lowest BCUT2D eigenvalue weighted by Gasteiger charge is -2.29. The highest BCUT2D eigenvalue weighted by Crippen LogP contribution is 2.31. The molecule has 1 aliphatic carbocycles. The van der Waals surface area contributed by atoms with E-state index in [1.807, 2.05) is 36.4 Å². The zero-order valence-corrected chi connectivity index (χ0v) is 16.1. The van der Waals surface area contributed by atoms with Gasteiger partial charge in [-0.2, -0.15) is 0 Å². The Kier molecular flexibility index (Phi) is 5.68. The number of nitrogens with two attached hydrogens (primary N) is 1. The SMILES string of the molecule is NC(C(=O)CC(c1ccccc1)c1ccccc1)C1CCc2ccccc2C1. The summed E-state index contributed by atoms with van der Waals surface area (Å²) in [5.74, 6) is 0.452. The second-order valence-corrected chi connectivity index (χ2v) is 7.84. The third-order valence-electron chi connectivity index (χ3n) is 6.07. The summed E-state index contributed by atoms with van der Waals surface area (Å²) in [6.45, 7) is 0. The van der Waals surface area contributed by atoms with Crippen molar-refractivity contribution in [2.75, 3.05) is 0 Å². The number of Topliss-reactive ketones (excluding diaryl/α,β-unsaturated/α-hetero) is 1. The summed E-state index contributed by atoms with van der Waals surface area (Å²) in [4.78, 5) is 13.2. The molecule has 0 bridgehead atoms. The van der Waals surface area contributed by atoms with Crippen LogP contribution < -0.4 is 5.73 Å². The summed E-state index contributed by atoms with van der Waals surface area (Å²) in [5, 5.41) is 0. The highest BCUT2D eigenvalue weighted by Gasteiger charge is 2.30. The van der Waals surface area contributed by atoms with Gasteiger partial charge in [-0.15, -0.1) is 0 Å². The minimum Gasteiger partial charge on any atom is -0.321 e. The molecular weight excluding hydrogens is 342 g/mol. The molecule has 4 rings (SSSR count). The number of fused-ring (bicyclic) bond motifs is 1. The van der Waals surface area contributed by atoms with Gasteiger partial charge in [0.2, 0.25) is 0 Å². The first-order valence-corrected chi connectivity index (χ1v) is 10.2. The lowest BCUT2D eigenvalue weighted by atomic mass is 9.77. The van der Waals surface area contributed by atoms with E-state index in [1.165, 1.54) is 22.3 Å². The third kappa shape index (κ3) is 4.07. The van der Waals surface area contributed by atoms with E-state index >= 15 is 0 Å². The van der Waals surface area contributed by atoms with Crippen molar-refractivity contribution in [3.05, 3.63) is 107 Å². The van der Waals surface area contributed by atoms with E-state index in [0.29, 0.717) is 6.42 Å². The van der Waals surface area contributed by atoms with Crippen LogP contribution in [0.4, 0.5) is 0 Å². The summed E-state index contributed by atoms with van der Waals surface area (Å²) in [5.41, 5.74) is 11.6. The molecule has 0 aromatic heterocycles. The van der Waals surface area contributed by atoms with Gasteiger partial charge in [0, 0.05) is 12.3 Å². The van der Waals surface area contributed by atoms with Crippen molar-refractivity contribution < 1.29 is 4.79 Å². The fourth-order valence-electron chi connectivity index (χ4n) is 4.43. The summed E-state index contributed by atoms with van der Waals surface area (Å²) in [7, 11) is 0. The second-order valence-electron chi connectivity index (χ2n) is 7.84. The van der Waals surface area contributed by atoms with Gasteiger partial charge in [0.25, 0.3) is 0 Å². The molecule has 0 saturated carbocycles. The van der Waals surface area contributed by atoms with Gasteiger partial charge >= 0.3 is 0 Å². The molecule has 0 aliphatic heterocycles. The molecule has 28 heavy (non-hydrogen) atoms. The fraction of sp³-hybridized carbons (Fsp3) is 0.269. The molecule has 0 heterocycles. The Morgan fingerprint density at radius 3 is 1.96 bits per heavy atom. The number of hydrogen-bond acceptors (Lipinski definition) is 2. The molecule has 0 fully saturated rings. The van der Waals surface area contributed by atoms with Crippen LogP contribution in [0, 0.1) is 5.92 Å². The van der Waals surface area contributed by atoms with Crippen LogP contribution in [-0.4, -0.2) is 11.8 Å². The van der Waals surface area contributed by atoms with Crippen LogP contribution in [0.25, 0.3) is 0 Å². The molecule has 0 radical (unpaired) electrons. The van der Waals surface area contributed by atoms with Crippen molar-refractivity contribution in [2.45, 2.75) is 37.6 Å². The molecule has 1 aliphatic rings. The maximum atomic E-state index is 13.2. The maximum absolute atomic E-state index is 13.2. The normalized spacial score (nSPS) is 17.1. The first kappa shape index (κ1) is 18.6. The zero-order chi connectivity index (χ0) is 19.3. The van der Waals surface area contributed by atoms with E-state index in [2.05, 4.69) is 48.5 Å². The van der Waals surface area contributed by atoms with Gasteiger partial charge in [-0.05, 0) is 47.4 Å². The monoisotopic (exact) mass is 369 g/mol. The van der Waals surface area contributed by atoms with Gasteiger partial charge in [-0.25, -0.2) is 0 Å². The van der Waals surface area contributed by atoms with Crippen LogP contribution in [-0.2, 0) is 17.6 Å². The van der Waals surface area contributed by atoms with Crippen molar-refractivity contribution >= 4 is 5.78 Å². The van der Waals surface area contributed by atoms with E-state index in [0.717, 1.165) is 19.3 Å². The van der Waals surface area contributed by atoms with Crippen LogP contribution in [0.5, 0.6) is 0 Å². The smallest absolute Gasteiger partial charge is 0.150 e. The van der Waals surface area contributed by atoms with Crippen LogP contribution in [0.15, 0.2) is 84.9 Å². The lowest BCUT2D eigenvalue weighted by Crippen LogP contribution is -2.41. The van der Waals surface area contributed by atoms with Crippen molar-refractivity contribution in [3.63, 3.8) is 0 Å². The van der Waals surface area contributed by atoms with Crippen LogP contribution in [0.1, 0.15) is 41.0 Å². The Morgan fingerprint density at radius 2 is 1.36 bits per heavy atom. The molecule has 3 aromatic carbocycles. The van der Waals surface area contributed by atoms with Gasteiger partial charge in [-0.1, -0.05) is 84.9 Å². The number of rotatable bonds is 6. The average Bonchev–Trinajstić information content (AvgIpc) is 2.77. The Labute approximate surface area is 167 Å². The largest absolute Gasteiger partial charge is 0.321 e. The molecule has 0 amide bonds. The van der Waals surface area contributed by atoms with E-state index in [9.17, 15) is 4.79 Å². The Morgan fingerprint density at radius 1 is 0.821 bits per heavy atom. The van der Waals surface area contributed by atoms with Crippen LogP contribution in [0.2, 0.25) is 0 Å². The molecule has 0 saturated heterocycles. The summed E-state index contributed by atoms with van der Waals surface area (Å²) >= 11 is 0. The van der Waals surface area contributed by atoms with Crippen molar-refractivity contribution in [1.82, 2.24) is 0 Å². The maximum Gasteiger partial charge on any atom is 0.150 e. The Bertz CT molecular complexity index is 880. The standard InChI is InChI=1S/C26H27NO/c27-26(23-16-15-19-9-7-8-14-22(19)17-23)25(28)18-24(20-10-3-1-4-11-20)21-12-5-2-6-13-21/h1-14,23-24,26H,15-18,27H2. The lowest BCUT2D eigenvalue weighted by molar-refractivity contribution is -0.121. The molecule has 2 atom stereocenters. The number of hydrogen-bond donors (Lipinski definition) is 1. The van der Waals surface area contributed by atoms with Crippen molar-refractivity contribution in [2.24, 2.45) is 11.7 Å². The van der Waals surface area contributed by atoms with Gasteiger partial charge < -0.3 is 5.73 Å². The highest BCUT2D eigenvalue weighted by atomic mass is 16.1. The number of carbonyl (C=O) groups is 1. The quantitative estimate of drug-likeness (QED) is 0.671. The van der Waals surface area contributed by atoms with Crippen LogP contribution >= 0.6 is 0 Å². The van der Waals surface area contributed by atoms with Gasteiger partial charge in [0.1, 0.15) is 0 Å². The molecule has 2 heteroatoms. The molecule has 3 aromatic rings. The van der Waals surface area contributed by atoms with E-state index in [-0.39, 0.29) is 17.6 Å². The molecule has 2 N–H and O–H groups in total. The second kappa shape index (κ2) is 8.53. The molecule has 2 unspecified atom stereocenters. The van der Waals surface area contributed by atoms with Gasteiger partial charge in [-0.3, -0.25) is 4.79 Å². The first-order valence-electron chi connectivity index (χ1n) is 10.2. The molecule has 142 valence electrons. The minimum absolute atomic E-state index is 0.0526. The molecule has 0 spiro atoms. The topological polar surface area (TPSA) is 43.1 Å². The third-order valence-corrected chi connectivity index (χ3v) is 6.07. The Balaban J connectivity index is 1.52. The van der Waals surface area contributed by atoms with Gasteiger partial charge in [0.05, 0.1) is 6.04 Å². The zero-order valence-electron chi connectivity index (χ0n) is 16.1. The van der Waals surface area contributed by atoms with Crippen molar-refractivity contribution in [3.8, 4) is 0 Å². The minimum atomic E-state index is -0.400. The molecular formula is C26H27NO. The number of benzene rings is 3. The predicted octanol–water partition coefficient (Wildman–Crippen LogP) is 4.91. The van der Waals surface area contributed by atoms with E-state index in [1.54, 1.807) is 0 Å².